The highest BCUT2D eigenvalue weighted by atomic mass is 32.2. The number of aryl methyl sites for hydroxylation is 1. The van der Waals surface area contributed by atoms with E-state index in [-0.39, 0.29) is 48.4 Å². The molecule has 0 radical (unpaired) electrons. The highest BCUT2D eigenvalue weighted by molar-refractivity contribution is 7.92. The van der Waals surface area contributed by atoms with E-state index in [2.05, 4.69) is 10.0 Å². The Labute approximate surface area is 231 Å². The quantitative estimate of drug-likeness (QED) is 0.455. The third kappa shape index (κ3) is 7.86. The Bertz CT molecular complexity index is 1270. The second-order valence-corrected chi connectivity index (χ2v) is 12.3. The molecule has 10 nitrogen and oxygen atoms in total. The van der Waals surface area contributed by atoms with E-state index in [1.54, 1.807) is 54.1 Å². The lowest BCUT2D eigenvalue weighted by molar-refractivity contribution is -0.134. The van der Waals surface area contributed by atoms with Crippen LogP contribution in [0.2, 0.25) is 0 Å². The molecule has 2 aromatic carbocycles. The Hall–Kier alpha value is -3.31. The first-order valence-electron chi connectivity index (χ1n) is 13.1. The van der Waals surface area contributed by atoms with Gasteiger partial charge in [-0.25, -0.2) is 13.2 Å². The van der Waals surface area contributed by atoms with Crippen molar-refractivity contribution in [1.82, 2.24) is 15.1 Å². The zero-order valence-corrected chi connectivity index (χ0v) is 24.3. The van der Waals surface area contributed by atoms with Crippen molar-refractivity contribution in [1.29, 1.82) is 0 Å². The fourth-order valence-electron chi connectivity index (χ4n) is 4.35. The van der Waals surface area contributed by atoms with Crippen LogP contribution in [-0.4, -0.2) is 80.2 Å². The Morgan fingerprint density at radius 2 is 1.85 bits per heavy atom. The van der Waals surface area contributed by atoms with Crippen molar-refractivity contribution in [2.45, 2.75) is 64.1 Å². The lowest BCUT2D eigenvalue weighted by atomic mass is 10.0. The van der Waals surface area contributed by atoms with E-state index in [1.807, 2.05) is 27.7 Å². The normalized spacial score (nSPS) is 18.8. The Balaban J connectivity index is 1.95. The Morgan fingerprint density at radius 3 is 2.46 bits per heavy atom. The van der Waals surface area contributed by atoms with Crippen molar-refractivity contribution in [2.24, 2.45) is 5.92 Å². The molecule has 0 aliphatic carbocycles. The van der Waals surface area contributed by atoms with E-state index < -0.39 is 22.2 Å². The number of amides is 3. The van der Waals surface area contributed by atoms with Crippen LogP contribution < -0.4 is 14.8 Å². The highest BCUT2D eigenvalue weighted by Gasteiger charge is 2.32. The number of hydrogen-bond donors (Lipinski definition) is 3. The SMILES string of the molecule is Cc1ccc(S(=O)(=O)Nc2ccc3c(c2)CC(=O)N([C@@H](C)CO)C[C@@H](C)[C@@H](CN(C)C(=O)NC(C)C)O3)cc1. The molecule has 0 aromatic heterocycles. The molecule has 39 heavy (non-hydrogen) atoms. The summed E-state index contributed by atoms with van der Waals surface area (Å²) in [7, 11) is -2.16. The fraction of sp³-hybridized carbons (Fsp3) is 0.500. The molecule has 3 atom stereocenters. The lowest BCUT2D eigenvalue weighted by Crippen LogP contribution is -2.49. The van der Waals surface area contributed by atoms with Gasteiger partial charge in [-0.3, -0.25) is 9.52 Å². The molecule has 1 aliphatic heterocycles. The monoisotopic (exact) mass is 560 g/mol. The maximum Gasteiger partial charge on any atom is 0.317 e. The summed E-state index contributed by atoms with van der Waals surface area (Å²) in [6, 6.07) is 10.7. The van der Waals surface area contributed by atoms with Gasteiger partial charge in [0.2, 0.25) is 5.91 Å². The van der Waals surface area contributed by atoms with Gasteiger partial charge in [-0.15, -0.1) is 0 Å². The summed E-state index contributed by atoms with van der Waals surface area (Å²) in [5.74, 6) is 0.0518. The molecule has 1 aliphatic rings. The molecule has 11 heteroatoms. The number of benzene rings is 2. The molecular weight excluding hydrogens is 520 g/mol. The number of sulfonamides is 1. The minimum absolute atomic E-state index is 0.0276. The van der Waals surface area contributed by atoms with Crippen LogP contribution in [0.25, 0.3) is 0 Å². The second-order valence-electron chi connectivity index (χ2n) is 10.6. The number of likely N-dealkylation sites (N-methyl/N-ethyl adjacent to an activating group) is 1. The predicted octanol–water partition coefficient (Wildman–Crippen LogP) is 2.99. The average Bonchev–Trinajstić information content (AvgIpc) is 2.91. The van der Waals surface area contributed by atoms with Gasteiger partial charge in [-0.05, 0) is 58.0 Å². The molecule has 3 N–H and O–H groups in total. The van der Waals surface area contributed by atoms with Crippen molar-refractivity contribution in [2.75, 3.05) is 31.5 Å². The van der Waals surface area contributed by atoms with Gasteiger partial charge in [0.05, 0.1) is 30.5 Å². The summed E-state index contributed by atoms with van der Waals surface area (Å²) in [4.78, 5) is 29.3. The minimum atomic E-state index is -3.85. The summed E-state index contributed by atoms with van der Waals surface area (Å²) in [5, 5.41) is 12.7. The standard InChI is InChI=1S/C28H40N4O6S/c1-18(2)29-28(35)31(6)16-26-20(4)15-32(21(5)17-33)27(34)14-22-13-23(9-12-25(22)38-26)30-39(36,37)24-10-7-19(3)8-11-24/h7-13,18,20-21,26,30,33H,14-17H2,1-6H3,(H,29,35)/t20-,21+,26-/m1/s1. The maximum absolute atomic E-state index is 13.4. The average molecular weight is 561 g/mol. The number of urea groups is 1. The van der Waals surface area contributed by atoms with Crippen LogP contribution in [0, 0.1) is 12.8 Å². The summed E-state index contributed by atoms with van der Waals surface area (Å²) < 4.78 is 34.9. The number of carbonyl (C=O) groups excluding carboxylic acids is 2. The largest absolute Gasteiger partial charge is 0.488 e. The molecule has 214 valence electrons. The molecule has 2 aromatic rings. The van der Waals surface area contributed by atoms with Crippen LogP contribution in [0.5, 0.6) is 5.75 Å². The molecule has 0 spiro atoms. The van der Waals surface area contributed by atoms with Gasteiger partial charge < -0.3 is 25.0 Å². The van der Waals surface area contributed by atoms with E-state index >= 15 is 0 Å². The summed E-state index contributed by atoms with van der Waals surface area (Å²) >= 11 is 0. The predicted molar refractivity (Wildman–Crippen MR) is 150 cm³/mol. The van der Waals surface area contributed by atoms with E-state index in [0.717, 1.165) is 5.56 Å². The highest BCUT2D eigenvalue weighted by Crippen LogP contribution is 2.30. The zero-order chi connectivity index (χ0) is 28.9. The Kier molecular flexibility index (Phi) is 9.84. The first kappa shape index (κ1) is 30.2. The van der Waals surface area contributed by atoms with Crippen molar-refractivity contribution < 1.29 is 27.9 Å². The molecule has 1 heterocycles. The van der Waals surface area contributed by atoms with E-state index in [0.29, 0.717) is 23.5 Å². The van der Waals surface area contributed by atoms with Crippen molar-refractivity contribution in [3.05, 3.63) is 53.6 Å². The third-order valence-electron chi connectivity index (χ3n) is 6.71. The first-order valence-corrected chi connectivity index (χ1v) is 14.6. The minimum Gasteiger partial charge on any atom is -0.488 e. The van der Waals surface area contributed by atoms with Gasteiger partial charge in [0.1, 0.15) is 11.9 Å². The van der Waals surface area contributed by atoms with Crippen LogP contribution >= 0.6 is 0 Å². The molecule has 0 unspecified atom stereocenters. The lowest BCUT2D eigenvalue weighted by Gasteiger charge is -2.34. The van der Waals surface area contributed by atoms with Crippen molar-refractivity contribution in [3.8, 4) is 5.75 Å². The zero-order valence-electron chi connectivity index (χ0n) is 23.5. The Morgan fingerprint density at radius 1 is 1.18 bits per heavy atom. The van der Waals surface area contributed by atoms with E-state index in [4.69, 9.17) is 4.74 Å². The summed E-state index contributed by atoms with van der Waals surface area (Å²) in [6.07, 6.45) is -0.510. The van der Waals surface area contributed by atoms with Crippen molar-refractivity contribution >= 4 is 27.6 Å². The number of carbonyl (C=O) groups is 2. The number of aliphatic hydroxyl groups is 1. The van der Waals surface area contributed by atoms with Gasteiger partial charge in [0.15, 0.2) is 0 Å². The summed E-state index contributed by atoms with van der Waals surface area (Å²) in [5.41, 5.74) is 1.75. The van der Waals surface area contributed by atoms with Gasteiger partial charge in [0.25, 0.3) is 10.0 Å². The third-order valence-corrected chi connectivity index (χ3v) is 8.11. The number of hydrogen-bond acceptors (Lipinski definition) is 6. The molecule has 3 amide bonds. The van der Waals surface area contributed by atoms with Crippen LogP contribution in [0.3, 0.4) is 0 Å². The van der Waals surface area contributed by atoms with Gasteiger partial charge in [0, 0.05) is 36.8 Å². The van der Waals surface area contributed by atoms with Gasteiger partial charge >= 0.3 is 6.03 Å². The molecular formula is C28H40N4O6S. The number of rotatable bonds is 8. The second kappa shape index (κ2) is 12.7. The van der Waals surface area contributed by atoms with E-state index in [9.17, 15) is 23.1 Å². The fourth-order valence-corrected chi connectivity index (χ4v) is 5.40. The van der Waals surface area contributed by atoms with Crippen LogP contribution in [-0.2, 0) is 21.2 Å². The maximum atomic E-state index is 13.4. The number of aliphatic hydroxyl groups excluding tert-OH is 1. The van der Waals surface area contributed by atoms with Crippen LogP contribution in [0.15, 0.2) is 47.4 Å². The number of anilines is 1. The van der Waals surface area contributed by atoms with Crippen LogP contribution in [0.1, 0.15) is 38.8 Å². The topological polar surface area (TPSA) is 128 Å². The number of nitrogens with zero attached hydrogens (tertiary/aromatic N) is 2. The number of nitrogens with one attached hydrogen (secondary N) is 2. The van der Waals surface area contributed by atoms with Gasteiger partial charge in [-0.1, -0.05) is 24.6 Å². The molecule has 0 fully saturated rings. The smallest absolute Gasteiger partial charge is 0.317 e. The van der Waals surface area contributed by atoms with E-state index in [1.165, 1.54) is 12.1 Å². The van der Waals surface area contributed by atoms with Crippen LogP contribution in [0.4, 0.5) is 10.5 Å². The molecule has 3 rings (SSSR count). The first-order chi connectivity index (χ1) is 18.3. The molecule has 0 bridgehead atoms. The molecule has 0 saturated heterocycles. The van der Waals surface area contributed by atoms with Crippen molar-refractivity contribution in [3.63, 3.8) is 0 Å². The molecule has 0 saturated carbocycles. The summed E-state index contributed by atoms with van der Waals surface area (Å²) in [6.45, 7) is 9.73. The number of fused-ring (bicyclic) bond motifs is 1. The number of ether oxygens (including phenoxy) is 1. The van der Waals surface area contributed by atoms with Gasteiger partial charge in [-0.2, -0.15) is 0 Å².